The van der Waals surface area contributed by atoms with E-state index in [4.69, 9.17) is 9.05 Å². The smallest absolute Gasteiger partial charge is 0.268 e. The number of carbonyl (C=O) groups excluding carboxylic acids is 1. The third-order valence-electron chi connectivity index (χ3n) is 15.1. The lowest BCUT2D eigenvalue weighted by molar-refractivity contribution is -0.870. The predicted octanol–water partition coefficient (Wildman–Crippen LogP) is 20.8. The molecule has 0 spiro atoms. The molecule has 0 aliphatic rings. The summed E-state index contributed by atoms with van der Waals surface area (Å²) in [5, 5.41) is 13.9. The number of allylic oxidation sites excluding steroid dienone is 11. The molecule has 0 saturated heterocycles. The quantitative estimate of drug-likeness (QED) is 0.0272. The first-order valence-corrected chi connectivity index (χ1v) is 35.3. The van der Waals surface area contributed by atoms with Crippen LogP contribution >= 0.6 is 7.82 Å². The number of rotatable bonds is 62. The Balaban J connectivity index is 4.04. The summed E-state index contributed by atoms with van der Waals surface area (Å²) in [7, 11) is 1.24. The van der Waals surface area contributed by atoms with Gasteiger partial charge in [0, 0.05) is 6.42 Å². The number of hydrogen-bond acceptors (Lipinski definition) is 6. The molecule has 3 atom stereocenters. The molecule has 0 radical (unpaired) electrons. The van der Waals surface area contributed by atoms with Crippen LogP contribution < -0.4 is 10.2 Å². The van der Waals surface area contributed by atoms with Crippen LogP contribution in [-0.4, -0.2) is 68.5 Å². The van der Waals surface area contributed by atoms with Crippen molar-refractivity contribution in [3.8, 4) is 0 Å². The lowest BCUT2D eigenvalue weighted by Crippen LogP contribution is -2.45. The van der Waals surface area contributed by atoms with Crippen molar-refractivity contribution >= 4 is 13.7 Å². The highest BCUT2D eigenvalue weighted by Crippen LogP contribution is 2.38. The molecule has 0 aromatic heterocycles. The molecule has 0 aliphatic heterocycles. The lowest BCUT2D eigenvalue weighted by atomic mass is 10.0. The molecule has 0 rings (SSSR count). The minimum atomic E-state index is -4.61. The molecular weight excluding hydrogens is 996 g/mol. The maximum atomic E-state index is 13.0. The molecule has 462 valence electrons. The summed E-state index contributed by atoms with van der Waals surface area (Å²) in [4.78, 5) is 25.6. The Morgan fingerprint density at radius 2 is 0.747 bits per heavy atom. The van der Waals surface area contributed by atoms with Gasteiger partial charge < -0.3 is 28.8 Å². The van der Waals surface area contributed by atoms with Crippen LogP contribution in [0.25, 0.3) is 0 Å². The van der Waals surface area contributed by atoms with Crippen LogP contribution in [0.1, 0.15) is 316 Å². The van der Waals surface area contributed by atoms with Crippen LogP contribution in [0.4, 0.5) is 0 Å². The van der Waals surface area contributed by atoms with Crippen LogP contribution in [0, 0.1) is 0 Å². The lowest BCUT2D eigenvalue weighted by Gasteiger charge is -2.29. The van der Waals surface area contributed by atoms with Gasteiger partial charge in [-0.3, -0.25) is 9.36 Å². The van der Waals surface area contributed by atoms with Gasteiger partial charge in [0.15, 0.2) is 0 Å². The van der Waals surface area contributed by atoms with Gasteiger partial charge in [-0.25, -0.2) is 0 Å². The number of amides is 1. The summed E-state index contributed by atoms with van der Waals surface area (Å²) < 4.78 is 23.4. The van der Waals surface area contributed by atoms with E-state index in [0.717, 1.165) is 57.8 Å². The Morgan fingerprint density at radius 3 is 1.11 bits per heavy atom. The highest BCUT2D eigenvalue weighted by atomic mass is 31.2. The maximum absolute atomic E-state index is 13.0. The predicted molar refractivity (Wildman–Crippen MR) is 344 cm³/mol. The summed E-state index contributed by atoms with van der Waals surface area (Å²) in [5.74, 6) is -0.208. The molecule has 0 aromatic carbocycles. The van der Waals surface area contributed by atoms with Crippen molar-refractivity contribution in [1.82, 2.24) is 5.32 Å². The minimum absolute atomic E-state index is 0.00949. The van der Waals surface area contributed by atoms with Crippen molar-refractivity contribution < 1.29 is 32.9 Å². The minimum Gasteiger partial charge on any atom is -0.756 e. The number of likely N-dealkylation sites (N-methyl/N-ethyl adjacent to an activating group) is 1. The Labute approximate surface area is 491 Å². The molecule has 0 aromatic rings. The van der Waals surface area contributed by atoms with E-state index in [-0.39, 0.29) is 12.5 Å². The van der Waals surface area contributed by atoms with Crippen molar-refractivity contribution in [2.45, 2.75) is 328 Å². The summed E-state index contributed by atoms with van der Waals surface area (Å²) >= 11 is 0. The first-order chi connectivity index (χ1) is 38.5. The Kier molecular flexibility index (Phi) is 59.0. The first kappa shape index (κ1) is 76.9. The van der Waals surface area contributed by atoms with Crippen molar-refractivity contribution in [2.24, 2.45) is 0 Å². The second-order valence-corrected chi connectivity index (χ2v) is 25.6. The van der Waals surface area contributed by atoms with Crippen LogP contribution in [0.15, 0.2) is 72.9 Å². The molecule has 9 heteroatoms. The number of phosphoric acid groups is 1. The zero-order chi connectivity index (χ0) is 57.7. The van der Waals surface area contributed by atoms with E-state index in [9.17, 15) is 19.4 Å². The van der Waals surface area contributed by atoms with Gasteiger partial charge >= 0.3 is 0 Å². The van der Waals surface area contributed by atoms with Crippen molar-refractivity contribution in [1.29, 1.82) is 0 Å². The van der Waals surface area contributed by atoms with Gasteiger partial charge in [0.05, 0.1) is 39.9 Å². The van der Waals surface area contributed by atoms with E-state index in [0.29, 0.717) is 17.4 Å². The normalized spacial score (nSPS) is 14.2. The number of quaternary nitrogens is 1. The van der Waals surface area contributed by atoms with Crippen molar-refractivity contribution in [3.63, 3.8) is 0 Å². The average molecular weight is 1130 g/mol. The van der Waals surface area contributed by atoms with Gasteiger partial charge in [-0.1, -0.05) is 299 Å². The number of phosphoric ester groups is 1. The van der Waals surface area contributed by atoms with E-state index in [1.54, 1.807) is 6.08 Å². The van der Waals surface area contributed by atoms with E-state index in [1.807, 2.05) is 27.2 Å². The fourth-order valence-electron chi connectivity index (χ4n) is 9.84. The SMILES string of the molecule is CCCCCCC/C=C\C/C=C\C/C=C\CCCCCCCCCCCCCCCCCCCCCCCCC(=O)NC(COP(=O)([O-])OCC[N+](C)(C)C)C(O)/C=C/CC/C=C/CC/C=C/CCCCCCCCCCCC. The Morgan fingerprint density at radius 1 is 0.443 bits per heavy atom. The summed E-state index contributed by atoms with van der Waals surface area (Å²) in [6.07, 6.45) is 84.5. The summed E-state index contributed by atoms with van der Waals surface area (Å²) in [6, 6.07) is -0.912. The van der Waals surface area contributed by atoms with E-state index in [1.165, 1.54) is 238 Å². The highest BCUT2D eigenvalue weighted by molar-refractivity contribution is 7.45. The molecule has 1 amide bonds. The third-order valence-corrected chi connectivity index (χ3v) is 16.1. The number of carbonyl (C=O) groups is 1. The van der Waals surface area contributed by atoms with Crippen LogP contribution in [-0.2, 0) is 18.4 Å². The highest BCUT2D eigenvalue weighted by Gasteiger charge is 2.23. The fraction of sp³-hybridized carbons (Fsp3) is 0.814. The number of nitrogens with zero attached hydrogens (tertiary/aromatic N) is 1. The van der Waals surface area contributed by atoms with Gasteiger partial charge in [-0.15, -0.1) is 0 Å². The number of aliphatic hydroxyl groups is 1. The monoisotopic (exact) mass is 1130 g/mol. The van der Waals surface area contributed by atoms with Gasteiger partial charge in [0.2, 0.25) is 5.91 Å². The largest absolute Gasteiger partial charge is 0.756 e. The Hall–Kier alpha value is -2.06. The molecule has 79 heavy (non-hydrogen) atoms. The molecule has 0 fully saturated rings. The van der Waals surface area contributed by atoms with Gasteiger partial charge in [0.25, 0.3) is 7.82 Å². The fourth-order valence-corrected chi connectivity index (χ4v) is 10.6. The van der Waals surface area contributed by atoms with Crippen LogP contribution in [0.3, 0.4) is 0 Å². The van der Waals surface area contributed by atoms with Crippen molar-refractivity contribution in [2.75, 3.05) is 40.9 Å². The van der Waals surface area contributed by atoms with Crippen molar-refractivity contribution in [3.05, 3.63) is 72.9 Å². The molecule has 2 N–H and O–H groups in total. The van der Waals surface area contributed by atoms with Crippen LogP contribution in [0.5, 0.6) is 0 Å². The van der Waals surface area contributed by atoms with Gasteiger partial charge in [-0.2, -0.15) is 0 Å². The number of aliphatic hydroxyl groups excluding tert-OH is 1. The molecule has 0 aliphatic carbocycles. The van der Waals surface area contributed by atoms with E-state index < -0.39 is 26.6 Å². The van der Waals surface area contributed by atoms with E-state index >= 15 is 0 Å². The number of hydrogen-bond donors (Lipinski definition) is 2. The third kappa shape index (κ3) is 63.4. The molecule has 0 bridgehead atoms. The zero-order valence-electron chi connectivity index (χ0n) is 52.8. The molecule has 0 heterocycles. The summed E-state index contributed by atoms with van der Waals surface area (Å²) in [5.41, 5.74) is 0. The molecule has 8 nitrogen and oxygen atoms in total. The maximum Gasteiger partial charge on any atom is 0.268 e. The first-order valence-electron chi connectivity index (χ1n) is 33.8. The second kappa shape index (κ2) is 60.5. The number of unbranched alkanes of at least 4 members (excludes halogenated alkanes) is 39. The zero-order valence-corrected chi connectivity index (χ0v) is 53.7. The van der Waals surface area contributed by atoms with Crippen LogP contribution in [0.2, 0.25) is 0 Å². The topological polar surface area (TPSA) is 108 Å². The second-order valence-electron chi connectivity index (χ2n) is 24.2. The van der Waals surface area contributed by atoms with Gasteiger partial charge in [0.1, 0.15) is 13.2 Å². The molecule has 3 unspecified atom stereocenters. The summed E-state index contributed by atoms with van der Waals surface area (Å²) in [6.45, 7) is 4.63. The Bertz CT molecular complexity index is 1520. The number of nitrogens with one attached hydrogen (secondary N) is 1. The molecule has 0 saturated carbocycles. The van der Waals surface area contributed by atoms with E-state index in [2.05, 4.69) is 79.9 Å². The van der Waals surface area contributed by atoms with Gasteiger partial charge in [-0.05, 0) is 83.5 Å². The molecular formula is C70H131N2O6P. The average Bonchev–Trinajstić information content (AvgIpc) is 3.42. The standard InChI is InChI=1S/C70H131N2O6P/c1-6-8-10-12-14-16-18-20-22-24-26-28-29-30-31-32-33-34-35-36-37-38-39-40-41-42-43-44-46-48-50-52-54-56-58-60-62-64-70(74)71-68(67-78-79(75,76)77-66-65-72(3,4)5)69(73)63-61-59-57-55-53-51-49-47-45-27-25-23-21-19-17-15-13-11-9-7-2/h18,20,24,26,29-30,45,47,53,55,61,63,68-69,73H,6-17,19,21-23,25,27-28,31-44,46,48-52,54,56-60,62,64-67H2,1-5H3,(H-,71,74,75,76)/b20-18-,26-24-,30-29-,47-45+,55-53+,63-61+.